The number of ether oxygens (including phenoxy) is 3. The molecule has 0 bridgehead atoms. The van der Waals surface area contributed by atoms with Crippen LogP contribution in [0.3, 0.4) is 0 Å². The van der Waals surface area contributed by atoms with Gasteiger partial charge in [-0.1, -0.05) is 18.2 Å². The number of hydrogen-bond donors (Lipinski definition) is 10. The van der Waals surface area contributed by atoms with Gasteiger partial charge in [0.25, 0.3) is 17.7 Å². The summed E-state index contributed by atoms with van der Waals surface area (Å²) in [6.45, 7) is 16.7. The van der Waals surface area contributed by atoms with E-state index in [9.17, 15) is 14.4 Å². The number of rotatable bonds is 21. The van der Waals surface area contributed by atoms with E-state index in [-0.39, 0.29) is 17.7 Å². The van der Waals surface area contributed by atoms with E-state index in [1.54, 1.807) is 70.0 Å². The summed E-state index contributed by atoms with van der Waals surface area (Å²) in [5.74, 6) is 9.96. The zero-order valence-corrected chi connectivity index (χ0v) is 60.4. The molecule has 12 rings (SSSR count). The van der Waals surface area contributed by atoms with Crippen LogP contribution in [0.5, 0.6) is 17.2 Å². The molecule has 10 N–H and O–H groups in total. The number of aromatic amines is 1. The van der Waals surface area contributed by atoms with Gasteiger partial charge in [-0.05, 0) is 98.7 Å². The van der Waals surface area contributed by atoms with Crippen molar-refractivity contribution in [3.63, 3.8) is 0 Å². The Morgan fingerprint density at radius 3 is 1.08 bits per heavy atom. The van der Waals surface area contributed by atoms with Crippen molar-refractivity contribution in [2.45, 2.75) is 62.3 Å². The number of methoxy groups -OCH3 is 3. The van der Waals surface area contributed by atoms with Crippen molar-refractivity contribution >= 4 is 86.8 Å². The minimum atomic E-state index is -0.282. The normalized spacial score (nSPS) is 10.7. The summed E-state index contributed by atoms with van der Waals surface area (Å²) < 4.78 is 20.6. The number of nitrogens with one attached hydrogen (secondary N) is 10. The number of amides is 3. The minimum absolute atomic E-state index is 0.278. The summed E-state index contributed by atoms with van der Waals surface area (Å²) in [6.07, 6.45) is 4.51. The first-order chi connectivity index (χ1) is 49.9. The molecule has 534 valence electrons. The molecule has 33 nitrogen and oxygen atoms in total. The number of para-hydroxylation sites is 3. The number of aromatic nitrogens is 18. The smallest absolute Gasteiger partial charge is 0.254 e. The van der Waals surface area contributed by atoms with Gasteiger partial charge in [-0.3, -0.25) is 24.2 Å². The summed E-state index contributed by atoms with van der Waals surface area (Å²) in [6, 6.07) is 27.5. The van der Waals surface area contributed by atoms with Crippen molar-refractivity contribution in [3.8, 4) is 51.4 Å². The van der Waals surface area contributed by atoms with Crippen molar-refractivity contribution in [3.05, 3.63) is 178 Å². The highest BCUT2D eigenvalue weighted by molar-refractivity contribution is 6.03. The molecule has 33 heteroatoms. The Kier molecular flexibility index (Phi) is 22.9. The highest BCUT2D eigenvalue weighted by atomic mass is 16.5. The highest BCUT2D eigenvalue weighted by Crippen LogP contribution is 2.41. The van der Waals surface area contributed by atoms with Crippen LogP contribution in [0, 0.1) is 62.3 Å². The van der Waals surface area contributed by atoms with Crippen LogP contribution in [-0.4, -0.2) is 150 Å². The average molecular weight is 1410 g/mol. The highest BCUT2D eigenvalue weighted by Gasteiger charge is 2.23. The Morgan fingerprint density at radius 2 is 0.760 bits per heavy atom. The summed E-state index contributed by atoms with van der Waals surface area (Å²) in [4.78, 5) is 90.4. The van der Waals surface area contributed by atoms with E-state index < -0.39 is 0 Å². The fraction of sp³-hybridized carbons (Fsp3) is 0.239. The number of carbonyl (C=O) groups is 3. The van der Waals surface area contributed by atoms with E-state index in [1.165, 1.54) is 18.6 Å². The van der Waals surface area contributed by atoms with Gasteiger partial charge in [0.05, 0.1) is 88.8 Å². The molecule has 9 heterocycles. The first-order valence-corrected chi connectivity index (χ1v) is 32.4. The maximum Gasteiger partial charge on any atom is 0.254 e. The Bertz CT molecular complexity index is 5070. The number of hydrogen-bond acceptors (Lipinski definition) is 27. The molecule has 0 saturated carbocycles. The SMILES string of the molecule is CNC(=O)c1cnc(Nc2cc(C)nc(C)n2)cc1Nc1cccc(-c2n[nH]c(C)n2)c1OC.CNC(=O)c1cnc(Nc2cc(C)nc(C)n2)cc1Nc1cccc(-c2nc(C)n(C)n2)c1OC.CNC(=O)c1cnc(Nc2cc(C)nc(C)n2)cc1Nc1cccc(-c2nc(C)nn2C)c1OC. The second-order valence-electron chi connectivity index (χ2n) is 23.3. The number of aryl methyl sites for hydroxylation is 11. The van der Waals surface area contributed by atoms with Crippen LogP contribution in [0.25, 0.3) is 34.2 Å². The van der Waals surface area contributed by atoms with E-state index >= 15 is 0 Å². The average Bonchev–Trinajstić information content (AvgIpc) is 1.41. The Hall–Kier alpha value is -13.6. The topological polar surface area (TPSA) is 406 Å². The Morgan fingerprint density at radius 1 is 0.385 bits per heavy atom. The van der Waals surface area contributed by atoms with Gasteiger partial charge in [0.15, 0.2) is 34.7 Å². The van der Waals surface area contributed by atoms with Gasteiger partial charge in [-0.15, -0.1) is 0 Å². The quantitative estimate of drug-likeness (QED) is 0.0319. The lowest BCUT2D eigenvalue weighted by Crippen LogP contribution is -2.19. The third-order valence-electron chi connectivity index (χ3n) is 15.4. The molecule has 3 amide bonds. The Balaban J connectivity index is 0.000000167. The first-order valence-electron chi connectivity index (χ1n) is 32.4. The molecule has 9 aromatic heterocycles. The Labute approximate surface area is 598 Å². The summed E-state index contributed by atoms with van der Waals surface area (Å²) in [5, 5.41) is 43.4. The van der Waals surface area contributed by atoms with E-state index in [0.717, 1.165) is 34.0 Å². The van der Waals surface area contributed by atoms with E-state index in [0.29, 0.717) is 155 Å². The maximum atomic E-state index is 12.6. The van der Waals surface area contributed by atoms with Crippen LogP contribution >= 0.6 is 0 Å². The maximum absolute atomic E-state index is 12.6. The fourth-order valence-corrected chi connectivity index (χ4v) is 10.9. The standard InChI is InChI=1S/2C24H27N9O2.C23H25N9O2/c1-13-10-21(28-14(2)27-13)31-20-11-19(17(12-26-20)24(34)25-4)30-18-9-7-8-16(22(18)35-6)23-29-15(3)33(5)32-23;1-13-10-21(28-14(2)27-13)31-20-11-19(17(12-26-20)24(34)25-4)30-18-9-7-8-16(22(18)35-6)23-29-15(3)32-33(23)5;1-12-9-20(27-13(2)26-12)30-19-10-18(16(11-25-19)23(33)24-4)29-17-8-6-7-15(21(17)34-5)22-28-14(3)31-32-22/h2*7-12H,1-6H3,(H,25,34)(H2,26,27,28,30,31);6-11H,1-5H3,(H,24,33)(H,28,31,32)(H2,25,26,27,29,30). The van der Waals surface area contributed by atoms with Crippen LogP contribution in [-0.2, 0) is 14.1 Å². The second-order valence-corrected chi connectivity index (χ2v) is 23.3. The zero-order valence-electron chi connectivity index (χ0n) is 60.4. The third kappa shape index (κ3) is 17.5. The van der Waals surface area contributed by atoms with Gasteiger partial charge in [0.1, 0.15) is 69.9 Å². The number of benzene rings is 3. The molecule has 0 aliphatic rings. The number of carbonyl (C=O) groups excluding carboxylic acids is 3. The molecule has 0 radical (unpaired) electrons. The third-order valence-corrected chi connectivity index (χ3v) is 15.4. The molecule has 104 heavy (non-hydrogen) atoms. The molecule has 0 spiro atoms. The number of anilines is 12. The lowest BCUT2D eigenvalue weighted by Gasteiger charge is -2.17. The number of nitrogens with zero attached hydrogens (tertiary/aromatic N) is 17. The summed E-state index contributed by atoms with van der Waals surface area (Å²) in [7, 11) is 13.1. The molecular weight excluding hydrogens is 1330 g/mol. The number of H-pyrrole nitrogens is 1. The molecule has 0 fully saturated rings. The zero-order chi connectivity index (χ0) is 74.5. The summed E-state index contributed by atoms with van der Waals surface area (Å²) in [5.41, 5.74) is 9.33. The van der Waals surface area contributed by atoms with Crippen LogP contribution in [0.1, 0.15) is 83.1 Å². The molecule has 0 aliphatic heterocycles. The van der Waals surface area contributed by atoms with E-state index in [1.807, 2.05) is 149 Å². The van der Waals surface area contributed by atoms with E-state index in [2.05, 4.69) is 128 Å². The predicted octanol–water partition coefficient (Wildman–Crippen LogP) is 10.3. The molecule has 0 aliphatic carbocycles. The van der Waals surface area contributed by atoms with Gasteiger partial charge in [0, 0.05) is 107 Å². The van der Waals surface area contributed by atoms with Crippen LogP contribution < -0.4 is 62.1 Å². The molecule has 0 atom stereocenters. The predicted molar refractivity (Wildman–Crippen MR) is 396 cm³/mol. The first kappa shape index (κ1) is 73.1. The fourth-order valence-electron chi connectivity index (χ4n) is 10.9. The molecule has 0 unspecified atom stereocenters. The van der Waals surface area contributed by atoms with Crippen LogP contribution in [0.4, 0.5) is 69.0 Å². The van der Waals surface area contributed by atoms with Gasteiger partial charge in [-0.2, -0.15) is 15.3 Å². The van der Waals surface area contributed by atoms with Gasteiger partial charge in [-0.25, -0.2) is 64.5 Å². The monoisotopic (exact) mass is 1410 g/mol. The van der Waals surface area contributed by atoms with Gasteiger partial charge >= 0.3 is 0 Å². The molecule has 12 aromatic rings. The van der Waals surface area contributed by atoms with Crippen LogP contribution in [0.2, 0.25) is 0 Å². The van der Waals surface area contributed by atoms with Crippen molar-refractivity contribution in [2.75, 3.05) is 74.4 Å². The lowest BCUT2D eigenvalue weighted by atomic mass is 10.1. The van der Waals surface area contributed by atoms with Crippen molar-refractivity contribution < 1.29 is 28.6 Å². The molecule has 3 aromatic carbocycles. The van der Waals surface area contributed by atoms with Crippen molar-refractivity contribution in [2.24, 2.45) is 14.1 Å². The van der Waals surface area contributed by atoms with E-state index in [4.69, 9.17) is 14.2 Å². The van der Waals surface area contributed by atoms with Crippen molar-refractivity contribution in [1.82, 2.24) is 106 Å². The lowest BCUT2D eigenvalue weighted by molar-refractivity contribution is 0.0955. The van der Waals surface area contributed by atoms with Crippen LogP contribution in [0.15, 0.2) is 110 Å². The minimum Gasteiger partial charge on any atom is -0.494 e. The van der Waals surface area contributed by atoms with Gasteiger partial charge in [0.2, 0.25) is 0 Å². The molecular formula is C71H79N27O6. The van der Waals surface area contributed by atoms with Gasteiger partial charge < -0.3 is 62.1 Å². The second kappa shape index (κ2) is 32.6. The number of pyridine rings is 3. The summed E-state index contributed by atoms with van der Waals surface area (Å²) >= 11 is 0. The molecule has 0 saturated heterocycles. The van der Waals surface area contributed by atoms with Crippen molar-refractivity contribution in [1.29, 1.82) is 0 Å². The largest absolute Gasteiger partial charge is 0.494 e.